The van der Waals surface area contributed by atoms with Gasteiger partial charge >= 0.3 is 12.2 Å². The highest BCUT2D eigenvalue weighted by atomic mass is 35.5. The van der Waals surface area contributed by atoms with Crippen LogP contribution in [0.5, 0.6) is 0 Å². The van der Waals surface area contributed by atoms with Gasteiger partial charge in [-0.3, -0.25) is 10.1 Å². The first kappa shape index (κ1) is 7.16. The van der Waals surface area contributed by atoms with Crippen LogP contribution >= 0.6 is 11.6 Å². The van der Waals surface area contributed by atoms with Crippen molar-refractivity contribution in [3.63, 3.8) is 0 Å². The van der Waals surface area contributed by atoms with Crippen LogP contribution in [-0.2, 0) is 4.74 Å². The summed E-state index contributed by atoms with van der Waals surface area (Å²) in [6, 6.07) is 0. The van der Waals surface area contributed by atoms with Gasteiger partial charge in [0.15, 0.2) is 0 Å². The van der Waals surface area contributed by atoms with E-state index in [2.05, 4.69) is 16.3 Å². The Balaban J connectivity index is 3.18. The van der Waals surface area contributed by atoms with Crippen molar-refractivity contribution in [2.45, 2.75) is 0 Å². The quantitative estimate of drug-likeness (QED) is 0.243. The number of ether oxygens (including phenoxy) is 1. The molecule has 0 atom stereocenters. The molecule has 0 aliphatic carbocycles. The van der Waals surface area contributed by atoms with Crippen molar-refractivity contribution in [2.75, 3.05) is 6.73 Å². The van der Waals surface area contributed by atoms with Gasteiger partial charge in [-0.2, -0.15) is 0 Å². The van der Waals surface area contributed by atoms with Crippen molar-refractivity contribution >= 4 is 17.0 Å². The zero-order valence-corrected chi connectivity index (χ0v) is 4.42. The lowest BCUT2D eigenvalue weighted by molar-refractivity contribution is -0.517. The molecule has 0 fully saturated rings. The summed E-state index contributed by atoms with van der Waals surface area (Å²) in [5.41, 5.74) is -1.17. The molecule has 0 aromatic rings. The number of halogens is 1. The zero-order valence-electron chi connectivity index (χ0n) is 3.67. The molecule has 46 valence electrons. The summed E-state index contributed by atoms with van der Waals surface area (Å²) >= 11 is 4.56. The normalized spacial score (nSPS) is 8.12. The first-order valence-electron chi connectivity index (χ1n) is 1.57. The Labute approximate surface area is 49.3 Å². The van der Waals surface area contributed by atoms with Gasteiger partial charge in [-0.15, -0.1) is 0 Å². The third-order valence-corrected chi connectivity index (χ3v) is 0.393. The first-order chi connectivity index (χ1) is 3.63. The molecule has 0 N–H and O–H groups in total. The van der Waals surface area contributed by atoms with E-state index < -0.39 is 17.1 Å². The molecule has 0 aromatic heterocycles. The highest BCUT2D eigenvalue weighted by Gasteiger charge is 1.99. The Bertz CT molecular complexity index is 98.6. The molecule has 0 unspecified atom stereocenters. The summed E-state index contributed by atoms with van der Waals surface area (Å²) in [5, 5.41) is 9.37. The van der Waals surface area contributed by atoms with E-state index in [1.54, 1.807) is 0 Å². The van der Waals surface area contributed by atoms with Gasteiger partial charge in [0.1, 0.15) is 0 Å². The highest BCUT2D eigenvalue weighted by Crippen LogP contribution is 1.84. The van der Waals surface area contributed by atoms with Gasteiger partial charge in [-0.1, -0.05) is 0 Å². The Morgan fingerprint density at radius 2 is 2.38 bits per heavy atom. The molecule has 6 heteroatoms. The molecule has 0 saturated heterocycles. The van der Waals surface area contributed by atoms with Crippen molar-refractivity contribution < 1.29 is 14.5 Å². The molecule has 0 aliphatic heterocycles. The number of carbonyl (C=O) groups excluding carboxylic acids is 1. The van der Waals surface area contributed by atoms with E-state index in [0.717, 1.165) is 0 Å². The molecule has 0 aromatic carbocycles. The van der Waals surface area contributed by atoms with E-state index in [0.29, 0.717) is 0 Å². The second kappa shape index (κ2) is 3.20. The smallest absolute Gasteiger partial charge is 0.388 e. The topological polar surface area (TPSA) is 69.4 Å². The van der Waals surface area contributed by atoms with E-state index >= 15 is 0 Å². The van der Waals surface area contributed by atoms with Crippen LogP contribution in [0.15, 0.2) is 0 Å². The van der Waals surface area contributed by atoms with E-state index in [1.807, 2.05) is 0 Å². The summed E-state index contributed by atoms with van der Waals surface area (Å²) < 4.78 is 3.73. The Kier molecular flexibility index (Phi) is 2.86. The molecule has 0 spiro atoms. The fraction of sp³-hybridized carbons (Fsp3) is 0.500. The van der Waals surface area contributed by atoms with Crippen molar-refractivity contribution in [1.29, 1.82) is 0 Å². The molecular weight excluding hydrogens is 137 g/mol. The summed E-state index contributed by atoms with van der Waals surface area (Å²) in [5.74, 6) is 0. The summed E-state index contributed by atoms with van der Waals surface area (Å²) in [6.45, 7) is -0.873. The summed E-state index contributed by atoms with van der Waals surface area (Å²) in [4.78, 5) is 18.2. The number of hydrogen-bond donors (Lipinski definition) is 0. The maximum Gasteiger partial charge on any atom is 0.408 e. The summed E-state index contributed by atoms with van der Waals surface area (Å²) in [7, 11) is 0. The minimum atomic E-state index is -1.17. The molecule has 0 radical (unpaired) electrons. The molecule has 0 bridgehead atoms. The van der Waals surface area contributed by atoms with Crippen molar-refractivity contribution in [2.24, 2.45) is 0 Å². The van der Waals surface area contributed by atoms with Crippen molar-refractivity contribution in [3.05, 3.63) is 10.1 Å². The number of nitrogens with zero attached hydrogens (tertiary/aromatic N) is 1. The third-order valence-electron chi connectivity index (χ3n) is 0.283. The average Bonchev–Trinajstić information content (AvgIpc) is 1.61. The molecule has 0 aliphatic rings. The predicted molar refractivity (Wildman–Crippen MR) is 24.2 cm³/mol. The van der Waals surface area contributed by atoms with E-state index in [1.165, 1.54) is 0 Å². The van der Waals surface area contributed by atoms with Crippen LogP contribution < -0.4 is 0 Å². The fourth-order valence-corrected chi connectivity index (χ4v) is 0.152. The number of rotatable bonds is 2. The van der Waals surface area contributed by atoms with Gasteiger partial charge < -0.3 is 4.74 Å². The van der Waals surface area contributed by atoms with E-state index in [-0.39, 0.29) is 0 Å². The lowest BCUT2D eigenvalue weighted by Gasteiger charge is -1.88. The van der Waals surface area contributed by atoms with Gasteiger partial charge in [0.05, 0.1) is 4.92 Å². The largest absolute Gasteiger partial charge is 0.408 e. The van der Waals surface area contributed by atoms with Crippen LogP contribution in [0.1, 0.15) is 0 Å². The molecule has 0 rings (SSSR count). The molecule has 0 heterocycles. The van der Waals surface area contributed by atoms with Crippen molar-refractivity contribution in [1.82, 2.24) is 0 Å². The lowest BCUT2D eigenvalue weighted by atomic mass is 11.3. The van der Waals surface area contributed by atoms with E-state index in [4.69, 9.17) is 0 Å². The Morgan fingerprint density at radius 1 is 1.88 bits per heavy atom. The van der Waals surface area contributed by atoms with Gasteiger partial charge in [-0.05, 0) is 0 Å². The first-order valence-corrected chi connectivity index (χ1v) is 1.95. The lowest BCUT2D eigenvalue weighted by Crippen LogP contribution is -2.06. The Hall–Kier alpha value is -0.840. The van der Waals surface area contributed by atoms with Gasteiger partial charge in [0.25, 0.3) is 0 Å². The number of hydrogen-bond acceptors (Lipinski definition) is 4. The number of carbonyl (C=O) groups is 1. The van der Waals surface area contributed by atoms with Crippen LogP contribution in [0.4, 0.5) is 4.79 Å². The standard InChI is InChI=1S/C2H2ClNO4/c3-2(5)8-1-4(6)7/h1H2. The minimum Gasteiger partial charge on any atom is -0.388 e. The maximum absolute atomic E-state index is 9.59. The van der Waals surface area contributed by atoms with Crippen LogP contribution in [0.3, 0.4) is 0 Å². The van der Waals surface area contributed by atoms with Gasteiger partial charge in [-0.25, -0.2) is 4.79 Å². The van der Waals surface area contributed by atoms with Crippen LogP contribution in [0, 0.1) is 10.1 Å². The second-order valence-corrected chi connectivity index (χ2v) is 1.15. The molecular formula is C2H2ClNO4. The molecule has 5 nitrogen and oxygen atoms in total. The van der Waals surface area contributed by atoms with Crippen LogP contribution in [-0.4, -0.2) is 17.1 Å². The van der Waals surface area contributed by atoms with Crippen LogP contribution in [0.2, 0.25) is 0 Å². The molecule has 0 amide bonds. The summed E-state index contributed by atoms with van der Waals surface area (Å²) in [6.07, 6.45) is 0. The van der Waals surface area contributed by atoms with Crippen LogP contribution in [0.25, 0.3) is 0 Å². The molecule has 8 heavy (non-hydrogen) atoms. The highest BCUT2D eigenvalue weighted by molar-refractivity contribution is 6.61. The molecule has 0 saturated carbocycles. The number of nitro groups is 1. The van der Waals surface area contributed by atoms with Gasteiger partial charge in [0, 0.05) is 11.6 Å². The van der Waals surface area contributed by atoms with Gasteiger partial charge in [0.2, 0.25) is 0 Å². The maximum atomic E-state index is 9.59. The van der Waals surface area contributed by atoms with E-state index in [9.17, 15) is 14.9 Å². The monoisotopic (exact) mass is 139 g/mol. The third kappa shape index (κ3) is 5.16. The Morgan fingerprint density at radius 3 is 2.50 bits per heavy atom. The average molecular weight is 139 g/mol. The zero-order chi connectivity index (χ0) is 6.57. The fourth-order valence-electron chi connectivity index (χ4n) is 0.103. The predicted octanol–water partition coefficient (Wildman–Crippen LogP) is 0.596. The second-order valence-electron chi connectivity index (χ2n) is 0.844. The SMILES string of the molecule is O=C(Cl)OC[N+](=O)[O-]. The minimum absolute atomic E-state index is 0.805. The van der Waals surface area contributed by atoms with Crippen molar-refractivity contribution in [3.8, 4) is 0 Å².